The quantitative estimate of drug-likeness (QED) is 0.741. The summed E-state index contributed by atoms with van der Waals surface area (Å²) in [6.07, 6.45) is 2.84. The Morgan fingerprint density at radius 3 is 2.67 bits per heavy atom. The summed E-state index contributed by atoms with van der Waals surface area (Å²) in [5.74, 6) is 0. The van der Waals surface area contributed by atoms with Crippen molar-refractivity contribution in [3.63, 3.8) is 0 Å². The first-order valence-electron chi connectivity index (χ1n) is 6.19. The van der Waals surface area contributed by atoms with Crippen molar-refractivity contribution in [2.75, 3.05) is 0 Å². The van der Waals surface area contributed by atoms with E-state index in [0.29, 0.717) is 0 Å². The van der Waals surface area contributed by atoms with E-state index in [-0.39, 0.29) is 0 Å². The van der Waals surface area contributed by atoms with Crippen LogP contribution in [0.15, 0.2) is 36.5 Å². The van der Waals surface area contributed by atoms with Crippen molar-refractivity contribution in [2.24, 2.45) is 0 Å². The molecule has 0 aliphatic carbocycles. The first-order valence-corrected chi connectivity index (χ1v) is 6.19. The lowest BCUT2D eigenvalue weighted by Gasteiger charge is -2.12. The van der Waals surface area contributed by atoms with Gasteiger partial charge in [-0.25, -0.2) is 4.98 Å². The number of aromatic amines is 1. The molecule has 2 aromatic heterocycles. The van der Waals surface area contributed by atoms with Crippen LogP contribution in [0, 0.1) is 6.92 Å². The number of hydrogen-bond acceptors (Lipinski definition) is 2. The van der Waals surface area contributed by atoms with E-state index >= 15 is 0 Å². The van der Waals surface area contributed by atoms with Gasteiger partial charge in [-0.3, -0.25) is 5.10 Å². The Balaban J connectivity index is 2.41. The van der Waals surface area contributed by atoms with Gasteiger partial charge in [0.2, 0.25) is 0 Å². The number of H-pyrrole nitrogens is 1. The number of nitrogens with one attached hydrogen (secondary N) is 1. The Morgan fingerprint density at radius 1 is 1.17 bits per heavy atom. The molecule has 0 radical (unpaired) electrons. The van der Waals surface area contributed by atoms with Crippen LogP contribution >= 0.6 is 0 Å². The fraction of sp³-hybridized carbons (Fsp3) is 0.200. The largest absolute Gasteiger partial charge is 0.261 e. The monoisotopic (exact) mass is 237 g/mol. The Kier molecular flexibility index (Phi) is 2.59. The first kappa shape index (κ1) is 11.0. The zero-order valence-electron chi connectivity index (χ0n) is 10.6. The van der Waals surface area contributed by atoms with E-state index in [1.807, 2.05) is 12.3 Å². The molecular weight excluding hydrogens is 222 g/mol. The lowest BCUT2D eigenvalue weighted by Crippen LogP contribution is -1.96. The van der Waals surface area contributed by atoms with Gasteiger partial charge in [0.25, 0.3) is 0 Å². The van der Waals surface area contributed by atoms with E-state index < -0.39 is 0 Å². The number of pyridine rings is 1. The molecule has 3 aromatic rings. The average Bonchev–Trinajstić information content (AvgIpc) is 2.85. The van der Waals surface area contributed by atoms with E-state index in [0.717, 1.165) is 23.1 Å². The summed E-state index contributed by atoms with van der Waals surface area (Å²) < 4.78 is 0. The second-order valence-electron chi connectivity index (χ2n) is 4.40. The minimum absolute atomic E-state index is 0.864. The van der Waals surface area contributed by atoms with E-state index in [4.69, 9.17) is 0 Å². The summed E-state index contributed by atoms with van der Waals surface area (Å²) in [6, 6.07) is 10.4. The summed E-state index contributed by atoms with van der Waals surface area (Å²) in [4.78, 5) is 4.57. The van der Waals surface area contributed by atoms with E-state index in [9.17, 15) is 0 Å². The first-order chi connectivity index (χ1) is 8.81. The van der Waals surface area contributed by atoms with Crippen molar-refractivity contribution in [1.82, 2.24) is 15.2 Å². The minimum atomic E-state index is 0.864. The van der Waals surface area contributed by atoms with Gasteiger partial charge in [-0.15, -0.1) is 0 Å². The van der Waals surface area contributed by atoms with Crippen molar-refractivity contribution in [1.29, 1.82) is 0 Å². The highest BCUT2D eigenvalue weighted by Crippen LogP contribution is 2.32. The van der Waals surface area contributed by atoms with Crippen LogP contribution in [-0.4, -0.2) is 15.2 Å². The molecule has 0 amide bonds. The Hall–Kier alpha value is -2.16. The van der Waals surface area contributed by atoms with Crippen LogP contribution in [-0.2, 0) is 6.42 Å². The van der Waals surface area contributed by atoms with Gasteiger partial charge in [0.15, 0.2) is 5.65 Å². The SMILES string of the molecule is CCc1c(C)nc2[nH]ncc2c1-c1ccccc1. The average molecular weight is 237 g/mol. The molecule has 0 spiro atoms. The number of fused-ring (bicyclic) bond motifs is 1. The highest BCUT2D eigenvalue weighted by molar-refractivity contribution is 5.94. The third kappa shape index (κ3) is 1.59. The van der Waals surface area contributed by atoms with Gasteiger partial charge < -0.3 is 0 Å². The molecule has 2 heterocycles. The summed E-state index contributed by atoms with van der Waals surface area (Å²) in [6.45, 7) is 4.23. The second-order valence-corrected chi connectivity index (χ2v) is 4.40. The lowest BCUT2D eigenvalue weighted by atomic mass is 9.95. The Bertz CT molecular complexity index is 684. The van der Waals surface area contributed by atoms with E-state index in [1.54, 1.807) is 0 Å². The van der Waals surface area contributed by atoms with Crippen molar-refractivity contribution in [3.05, 3.63) is 47.8 Å². The lowest BCUT2D eigenvalue weighted by molar-refractivity contribution is 1.05. The molecule has 18 heavy (non-hydrogen) atoms. The molecule has 0 saturated heterocycles. The zero-order chi connectivity index (χ0) is 12.5. The number of benzene rings is 1. The van der Waals surface area contributed by atoms with Crippen molar-refractivity contribution < 1.29 is 0 Å². The molecule has 1 N–H and O–H groups in total. The fourth-order valence-electron chi connectivity index (χ4n) is 2.49. The molecule has 0 aliphatic rings. The summed E-state index contributed by atoms with van der Waals surface area (Å²) in [7, 11) is 0. The smallest absolute Gasteiger partial charge is 0.156 e. The molecule has 0 atom stereocenters. The normalized spacial score (nSPS) is 11.0. The number of hydrogen-bond donors (Lipinski definition) is 1. The Morgan fingerprint density at radius 2 is 1.94 bits per heavy atom. The predicted octanol–water partition coefficient (Wildman–Crippen LogP) is 3.50. The highest BCUT2D eigenvalue weighted by atomic mass is 15.1. The van der Waals surface area contributed by atoms with Crippen LogP contribution in [0.3, 0.4) is 0 Å². The van der Waals surface area contributed by atoms with Crippen LogP contribution in [0.25, 0.3) is 22.2 Å². The molecule has 0 saturated carbocycles. The van der Waals surface area contributed by atoms with Gasteiger partial charge in [0, 0.05) is 11.1 Å². The molecule has 0 unspecified atom stereocenters. The molecule has 3 nitrogen and oxygen atoms in total. The molecule has 90 valence electrons. The standard InChI is InChI=1S/C15H15N3/c1-3-12-10(2)17-15-13(9-16-18-15)14(12)11-7-5-4-6-8-11/h4-9H,3H2,1-2H3,(H,16,17,18). The molecule has 0 fully saturated rings. The molecule has 0 aliphatic heterocycles. The van der Waals surface area contributed by atoms with Gasteiger partial charge in [-0.1, -0.05) is 37.3 Å². The third-order valence-corrected chi connectivity index (χ3v) is 3.32. The highest BCUT2D eigenvalue weighted by Gasteiger charge is 2.13. The van der Waals surface area contributed by atoms with Gasteiger partial charge in [-0.2, -0.15) is 5.10 Å². The molecular formula is C15H15N3. The number of nitrogens with zero attached hydrogens (tertiary/aromatic N) is 2. The van der Waals surface area contributed by atoms with Gasteiger partial charge in [-0.05, 0) is 30.0 Å². The van der Waals surface area contributed by atoms with Crippen LogP contribution < -0.4 is 0 Å². The van der Waals surface area contributed by atoms with Gasteiger partial charge in [0.1, 0.15) is 0 Å². The van der Waals surface area contributed by atoms with Crippen molar-refractivity contribution in [2.45, 2.75) is 20.3 Å². The van der Waals surface area contributed by atoms with Gasteiger partial charge >= 0.3 is 0 Å². The molecule has 1 aromatic carbocycles. The number of aryl methyl sites for hydroxylation is 1. The maximum Gasteiger partial charge on any atom is 0.156 e. The van der Waals surface area contributed by atoms with Crippen molar-refractivity contribution in [3.8, 4) is 11.1 Å². The summed E-state index contributed by atoms with van der Waals surface area (Å²) in [5.41, 5.74) is 5.73. The molecule has 3 heteroatoms. The topological polar surface area (TPSA) is 41.6 Å². The van der Waals surface area contributed by atoms with E-state index in [2.05, 4.69) is 53.3 Å². The minimum Gasteiger partial charge on any atom is -0.261 e. The third-order valence-electron chi connectivity index (χ3n) is 3.32. The van der Waals surface area contributed by atoms with Crippen LogP contribution in [0.2, 0.25) is 0 Å². The maximum atomic E-state index is 4.57. The van der Waals surface area contributed by atoms with Gasteiger partial charge in [0.05, 0.1) is 6.20 Å². The van der Waals surface area contributed by atoms with Crippen molar-refractivity contribution >= 4 is 11.0 Å². The molecule has 3 rings (SSSR count). The van der Waals surface area contributed by atoms with Crippen LogP contribution in [0.1, 0.15) is 18.2 Å². The summed E-state index contributed by atoms with van der Waals surface area (Å²) >= 11 is 0. The van der Waals surface area contributed by atoms with Crippen LogP contribution in [0.5, 0.6) is 0 Å². The number of rotatable bonds is 2. The van der Waals surface area contributed by atoms with E-state index in [1.165, 1.54) is 16.7 Å². The predicted molar refractivity (Wildman–Crippen MR) is 73.4 cm³/mol. The fourth-order valence-corrected chi connectivity index (χ4v) is 2.49. The summed E-state index contributed by atoms with van der Waals surface area (Å²) in [5, 5.41) is 8.18. The van der Waals surface area contributed by atoms with Crippen LogP contribution in [0.4, 0.5) is 0 Å². The number of aromatic nitrogens is 3. The zero-order valence-corrected chi connectivity index (χ0v) is 10.6. The second kappa shape index (κ2) is 4.26. The Labute approximate surface area is 106 Å². The molecule has 0 bridgehead atoms. The maximum absolute atomic E-state index is 4.57.